The summed E-state index contributed by atoms with van der Waals surface area (Å²) in [7, 11) is 1.60. The Bertz CT molecular complexity index is 194. The molecule has 0 aliphatic carbocycles. The Balaban J connectivity index is 3.84. The van der Waals surface area contributed by atoms with Gasteiger partial charge in [-0.05, 0) is 13.0 Å². The monoisotopic (exact) mass is 201 g/mol. The van der Waals surface area contributed by atoms with Gasteiger partial charge in [-0.15, -0.1) is 0 Å². The van der Waals surface area contributed by atoms with Crippen LogP contribution in [0.4, 0.5) is 0 Å². The molecule has 1 atom stereocenters. The molecule has 2 amide bonds. The summed E-state index contributed by atoms with van der Waals surface area (Å²) in [5, 5.41) is 8.27. The number of likely N-dealkylation sites (N-methyl/N-ethyl adjacent to an activating group) is 2. The average molecular weight is 201 g/mol. The van der Waals surface area contributed by atoms with Crippen LogP contribution in [0.15, 0.2) is 0 Å². The lowest BCUT2D eigenvalue weighted by molar-refractivity contribution is -0.123. The van der Waals surface area contributed by atoms with Crippen LogP contribution in [0, 0.1) is 0 Å². The van der Waals surface area contributed by atoms with Gasteiger partial charge >= 0.3 is 0 Å². The largest absolute Gasteiger partial charge is 0.358 e. The van der Waals surface area contributed by atoms with Gasteiger partial charge in [-0.2, -0.15) is 0 Å². The van der Waals surface area contributed by atoms with Gasteiger partial charge in [0, 0.05) is 20.5 Å². The fraction of sp³-hybridized carbons (Fsp3) is 0.778. The standard InChI is InChI=1S/C9H19N3O2/c1-4-11-8(9(14)10-3)5-6-12-7(2)13/h8,11H,4-6H2,1-3H3,(H,10,14)(H,12,13). The minimum absolute atomic E-state index is 0.0443. The van der Waals surface area contributed by atoms with Crippen molar-refractivity contribution in [1.29, 1.82) is 0 Å². The molecule has 0 heterocycles. The second-order valence-corrected chi connectivity index (χ2v) is 3.00. The highest BCUT2D eigenvalue weighted by atomic mass is 16.2. The summed E-state index contributed by atoms with van der Waals surface area (Å²) in [5.41, 5.74) is 0. The zero-order chi connectivity index (χ0) is 11.0. The van der Waals surface area contributed by atoms with Crippen molar-refractivity contribution in [3.8, 4) is 0 Å². The van der Waals surface area contributed by atoms with Crippen molar-refractivity contribution in [3.63, 3.8) is 0 Å². The third-order valence-electron chi connectivity index (χ3n) is 1.82. The fourth-order valence-electron chi connectivity index (χ4n) is 1.14. The fourth-order valence-corrected chi connectivity index (χ4v) is 1.14. The third-order valence-corrected chi connectivity index (χ3v) is 1.82. The molecule has 0 aromatic carbocycles. The number of rotatable bonds is 6. The molecule has 1 unspecified atom stereocenters. The summed E-state index contributed by atoms with van der Waals surface area (Å²) in [6, 6.07) is -0.225. The van der Waals surface area contributed by atoms with Crippen molar-refractivity contribution in [2.75, 3.05) is 20.1 Å². The molecule has 14 heavy (non-hydrogen) atoms. The van der Waals surface area contributed by atoms with Gasteiger partial charge in [-0.1, -0.05) is 6.92 Å². The Labute approximate surface area is 84.6 Å². The van der Waals surface area contributed by atoms with E-state index in [-0.39, 0.29) is 17.9 Å². The van der Waals surface area contributed by atoms with Crippen molar-refractivity contribution in [2.24, 2.45) is 0 Å². The lowest BCUT2D eigenvalue weighted by Crippen LogP contribution is -2.44. The van der Waals surface area contributed by atoms with E-state index in [2.05, 4.69) is 16.0 Å². The Morgan fingerprint density at radius 3 is 2.43 bits per heavy atom. The van der Waals surface area contributed by atoms with Gasteiger partial charge in [0.15, 0.2) is 0 Å². The van der Waals surface area contributed by atoms with E-state index in [1.54, 1.807) is 7.05 Å². The minimum Gasteiger partial charge on any atom is -0.358 e. The van der Waals surface area contributed by atoms with Gasteiger partial charge in [0.2, 0.25) is 11.8 Å². The summed E-state index contributed by atoms with van der Waals surface area (Å²) >= 11 is 0. The van der Waals surface area contributed by atoms with Crippen molar-refractivity contribution in [2.45, 2.75) is 26.3 Å². The van der Waals surface area contributed by atoms with Crippen LogP contribution in [0.5, 0.6) is 0 Å². The second kappa shape index (κ2) is 7.32. The van der Waals surface area contributed by atoms with E-state index in [0.717, 1.165) is 6.54 Å². The number of carbonyl (C=O) groups excluding carboxylic acids is 2. The van der Waals surface area contributed by atoms with Crippen LogP contribution in [0.2, 0.25) is 0 Å². The van der Waals surface area contributed by atoms with Crippen molar-refractivity contribution >= 4 is 11.8 Å². The lowest BCUT2D eigenvalue weighted by Gasteiger charge is -2.15. The highest BCUT2D eigenvalue weighted by Crippen LogP contribution is 1.90. The smallest absolute Gasteiger partial charge is 0.236 e. The van der Waals surface area contributed by atoms with Gasteiger partial charge in [-0.3, -0.25) is 9.59 Å². The maximum atomic E-state index is 11.3. The average Bonchev–Trinajstić information content (AvgIpc) is 2.15. The molecule has 0 aliphatic heterocycles. The SMILES string of the molecule is CCNC(CCNC(C)=O)C(=O)NC. The van der Waals surface area contributed by atoms with Crippen LogP contribution >= 0.6 is 0 Å². The quantitative estimate of drug-likeness (QED) is 0.529. The molecule has 0 rings (SSSR count). The number of amides is 2. The number of hydrogen-bond acceptors (Lipinski definition) is 3. The molecule has 0 aliphatic rings. The van der Waals surface area contributed by atoms with E-state index in [4.69, 9.17) is 0 Å². The minimum atomic E-state index is -0.225. The molecule has 82 valence electrons. The van der Waals surface area contributed by atoms with E-state index >= 15 is 0 Å². The molecular formula is C9H19N3O2. The number of carbonyl (C=O) groups is 2. The Hall–Kier alpha value is -1.10. The van der Waals surface area contributed by atoms with Crippen molar-refractivity contribution in [1.82, 2.24) is 16.0 Å². The maximum Gasteiger partial charge on any atom is 0.236 e. The van der Waals surface area contributed by atoms with Crippen LogP contribution in [-0.4, -0.2) is 38.0 Å². The topological polar surface area (TPSA) is 70.2 Å². The first-order chi connectivity index (χ1) is 6.61. The Kier molecular flexibility index (Phi) is 6.74. The summed E-state index contributed by atoms with van der Waals surface area (Å²) in [4.78, 5) is 21.9. The van der Waals surface area contributed by atoms with Gasteiger partial charge in [0.05, 0.1) is 6.04 Å². The summed E-state index contributed by atoms with van der Waals surface area (Å²) in [6.45, 7) is 4.65. The first kappa shape index (κ1) is 12.9. The predicted octanol–water partition coefficient (Wildman–Crippen LogP) is -0.763. The zero-order valence-electron chi connectivity index (χ0n) is 9.02. The van der Waals surface area contributed by atoms with E-state index in [1.807, 2.05) is 6.92 Å². The van der Waals surface area contributed by atoms with Crippen LogP contribution in [0.25, 0.3) is 0 Å². The Morgan fingerprint density at radius 2 is 2.00 bits per heavy atom. The second-order valence-electron chi connectivity index (χ2n) is 3.00. The summed E-state index contributed by atoms with van der Waals surface area (Å²) < 4.78 is 0. The van der Waals surface area contributed by atoms with Gasteiger partial charge in [-0.25, -0.2) is 0 Å². The first-order valence-corrected chi connectivity index (χ1v) is 4.81. The van der Waals surface area contributed by atoms with Gasteiger partial charge < -0.3 is 16.0 Å². The molecule has 0 aromatic rings. The van der Waals surface area contributed by atoms with Crippen molar-refractivity contribution in [3.05, 3.63) is 0 Å². The predicted molar refractivity (Wildman–Crippen MR) is 54.8 cm³/mol. The molecule has 0 saturated heterocycles. The summed E-state index contributed by atoms with van der Waals surface area (Å²) in [5.74, 6) is -0.116. The molecule has 0 saturated carbocycles. The molecule has 3 N–H and O–H groups in total. The molecular weight excluding hydrogens is 182 g/mol. The van der Waals surface area contributed by atoms with Crippen molar-refractivity contribution < 1.29 is 9.59 Å². The van der Waals surface area contributed by atoms with Crippen LogP contribution in [0.3, 0.4) is 0 Å². The van der Waals surface area contributed by atoms with E-state index in [9.17, 15) is 9.59 Å². The third kappa shape index (κ3) is 5.53. The maximum absolute atomic E-state index is 11.3. The molecule has 0 radical (unpaired) electrons. The number of nitrogens with one attached hydrogen (secondary N) is 3. The molecule has 0 bridgehead atoms. The summed E-state index contributed by atoms with van der Waals surface area (Å²) in [6.07, 6.45) is 0.604. The molecule has 0 spiro atoms. The lowest BCUT2D eigenvalue weighted by atomic mass is 10.2. The van der Waals surface area contributed by atoms with E-state index in [0.29, 0.717) is 13.0 Å². The molecule has 0 aromatic heterocycles. The van der Waals surface area contributed by atoms with Gasteiger partial charge in [0.1, 0.15) is 0 Å². The number of hydrogen-bond donors (Lipinski definition) is 3. The highest BCUT2D eigenvalue weighted by molar-refractivity contribution is 5.81. The molecule has 5 nitrogen and oxygen atoms in total. The van der Waals surface area contributed by atoms with Crippen LogP contribution < -0.4 is 16.0 Å². The zero-order valence-corrected chi connectivity index (χ0v) is 9.02. The van der Waals surface area contributed by atoms with Gasteiger partial charge in [0.25, 0.3) is 0 Å². The van der Waals surface area contributed by atoms with E-state index < -0.39 is 0 Å². The normalized spacial score (nSPS) is 11.9. The van der Waals surface area contributed by atoms with E-state index in [1.165, 1.54) is 6.92 Å². The molecule has 0 fully saturated rings. The first-order valence-electron chi connectivity index (χ1n) is 4.81. The van der Waals surface area contributed by atoms with Crippen LogP contribution in [-0.2, 0) is 9.59 Å². The highest BCUT2D eigenvalue weighted by Gasteiger charge is 2.14. The molecule has 5 heteroatoms. The van der Waals surface area contributed by atoms with Crippen LogP contribution in [0.1, 0.15) is 20.3 Å². The Morgan fingerprint density at radius 1 is 1.36 bits per heavy atom.